The lowest BCUT2D eigenvalue weighted by molar-refractivity contribution is 0.0767. The second-order valence-electron chi connectivity index (χ2n) is 4.52. The molecule has 0 aliphatic carbocycles. The van der Waals surface area contributed by atoms with Crippen molar-refractivity contribution in [1.82, 2.24) is 4.90 Å². The lowest BCUT2D eigenvalue weighted by atomic mass is 10.1. The molecule has 22 heavy (non-hydrogen) atoms. The van der Waals surface area contributed by atoms with E-state index in [4.69, 9.17) is 5.26 Å². The number of rotatable bonds is 5. The fourth-order valence-electron chi connectivity index (χ4n) is 1.89. The van der Waals surface area contributed by atoms with E-state index >= 15 is 0 Å². The molecule has 0 aliphatic rings. The first-order valence-corrected chi connectivity index (χ1v) is 8.79. The fourth-order valence-corrected chi connectivity index (χ4v) is 3.89. The lowest BCUT2D eigenvalue weighted by Crippen LogP contribution is -2.30. The molecule has 6 heteroatoms. The van der Waals surface area contributed by atoms with Crippen LogP contribution in [0.5, 0.6) is 0 Å². The van der Waals surface area contributed by atoms with E-state index in [1.165, 1.54) is 11.3 Å². The van der Waals surface area contributed by atoms with Crippen LogP contribution in [-0.2, 0) is 6.54 Å². The number of hydrogen-bond donors (Lipinski definition) is 0. The van der Waals surface area contributed by atoms with Gasteiger partial charge in [0.25, 0.3) is 5.91 Å². The van der Waals surface area contributed by atoms with Crippen LogP contribution in [0.3, 0.4) is 0 Å². The van der Waals surface area contributed by atoms with Crippen LogP contribution in [0.2, 0.25) is 0 Å². The lowest BCUT2D eigenvalue weighted by Gasteiger charge is -2.20. The average Bonchev–Trinajstić information content (AvgIpc) is 2.86. The molecule has 0 fully saturated rings. The fraction of sp³-hybridized carbons (Fsp3) is 0.125. The summed E-state index contributed by atoms with van der Waals surface area (Å²) in [7, 11) is 0. The van der Waals surface area contributed by atoms with Crippen molar-refractivity contribution in [2.24, 2.45) is 0 Å². The standard InChI is InChI=1S/C16H12Br2N2OS/c1-2-7-20(10-12-5-3-11(9-19)4-6-12)16(21)14-8-13(17)15(18)22-14/h2-6,8H,1,7,10H2. The molecule has 0 bridgehead atoms. The quantitative estimate of drug-likeness (QED) is 0.617. The van der Waals surface area contributed by atoms with Crippen molar-refractivity contribution in [3.05, 3.63) is 67.2 Å². The van der Waals surface area contributed by atoms with Gasteiger partial charge >= 0.3 is 0 Å². The van der Waals surface area contributed by atoms with Crippen molar-refractivity contribution in [2.45, 2.75) is 6.54 Å². The van der Waals surface area contributed by atoms with Crippen LogP contribution in [0.15, 0.2) is 51.2 Å². The maximum atomic E-state index is 12.6. The average molecular weight is 440 g/mol. The number of hydrogen-bond acceptors (Lipinski definition) is 3. The zero-order valence-electron chi connectivity index (χ0n) is 11.6. The van der Waals surface area contributed by atoms with Crippen LogP contribution in [0, 0.1) is 11.3 Å². The van der Waals surface area contributed by atoms with Gasteiger partial charge in [-0.25, -0.2) is 0 Å². The molecular weight excluding hydrogens is 428 g/mol. The van der Waals surface area contributed by atoms with Crippen LogP contribution in [0.4, 0.5) is 0 Å². The third kappa shape index (κ3) is 4.07. The van der Waals surface area contributed by atoms with Crippen molar-refractivity contribution in [3.8, 4) is 6.07 Å². The Morgan fingerprint density at radius 2 is 2.05 bits per heavy atom. The molecule has 0 radical (unpaired) electrons. The summed E-state index contributed by atoms with van der Waals surface area (Å²) in [5.74, 6) is -0.0411. The van der Waals surface area contributed by atoms with E-state index in [0.717, 1.165) is 13.8 Å². The Balaban J connectivity index is 2.19. The van der Waals surface area contributed by atoms with Gasteiger partial charge in [0.1, 0.15) is 0 Å². The van der Waals surface area contributed by atoms with Crippen LogP contribution < -0.4 is 0 Å². The molecule has 1 heterocycles. The molecule has 0 saturated heterocycles. The van der Waals surface area contributed by atoms with Crippen molar-refractivity contribution in [1.29, 1.82) is 5.26 Å². The van der Waals surface area contributed by atoms with Gasteiger partial charge in [0.15, 0.2) is 0 Å². The largest absolute Gasteiger partial charge is 0.330 e. The third-order valence-electron chi connectivity index (χ3n) is 2.95. The van der Waals surface area contributed by atoms with Crippen LogP contribution in [0.25, 0.3) is 0 Å². The summed E-state index contributed by atoms with van der Waals surface area (Å²) < 4.78 is 1.77. The summed E-state index contributed by atoms with van der Waals surface area (Å²) in [5.41, 5.74) is 1.58. The highest BCUT2D eigenvalue weighted by atomic mass is 79.9. The van der Waals surface area contributed by atoms with Crippen molar-refractivity contribution < 1.29 is 4.79 Å². The molecule has 2 aromatic rings. The van der Waals surface area contributed by atoms with Gasteiger partial charge in [-0.3, -0.25) is 4.79 Å². The Bertz CT molecular complexity index is 712. The molecule has 1 aromatic carbocycles. The number of nitrogens with zero attached hydrogens (tertiary/aromatic N) is 2. The summed E-state index contributed by atoms with van der Waals surface area (Å²) in [6.07, 6.45) is 1.71. The summed E-state index contributed by atoms with van der Waals surface area (Å²) >= 11 is 8.20. The molecule has 0 saturated carbocycles. The van der Waals surface area contributed by atoms with E-state index in [9.17, 15) is 4.79 Å². The highest BCUT2D eigenvalue weighted by molar-refractivity contribution is 9.13. The summed E-state index contributed by atoms with van der Waals surface area (Å²) in [6.45, 7) is 4.66. The van der Waals surface area contributed by atoms with Crippen LogP contribution in [-0.4, -0.2) is 17.4 Å². The highest BCUT2D eigenvalue weighted by Gasteiger charge is 2.18. The van der Waals surface area contributed by atoms with Gasteiger partial charge < -0.3 is 4.90 Å². The molecule has 2 rings (SSSR count). The van der Waals surface area contributed by atoms with Gasteiger partial charge in [-0.2, -0.15) is 5.26 Å². The summed E-state index contributed by atoms with van der Waals surface area (Å²) in [4.78, 5) is 15.0. The van der Waals surface area contributed by atoms with Gasteiger partial charge in [0.05, 0.1) is 20.3 Å². The number of thiophene rings is 1. The van der Waals surface area contributed by atoms with E-state index in [-0.39, 0.29) is 5.91 Å². The molecule has 1 amide bonds. The minimum absolute atomic E-state index is 0.0411. The van der Waals surface area contributed by atoms with Gasteiger partial charge in [0, 0.05) is 17.6 Å². The molecule has 0 aliphatic heterocycles. The first kappa shape index (κ1) is 16.9. The Hall–Kier alpha value is -1.42. The van der Waals surface area contributed by atoms with Crippen molar-refractivity contribution >= 4 is 49.1 Å². The predicted molar refractivity (Wildman–Crippen MR) is 95.8 cm³/mol. The summed E-state index contributed by atoms with van der Waals surface area (Å²) in [5, 5.41) is 8.82. The van der Waals surface area contributed by atoms with E-state index in [0.29, 0.717) is 23.5 Å². The van der Waals surface area contributed by atoms with Gasteiger partial charge in [0.2, 0.25) is 0 Å². The Morgan fingerprint density at radius 1 is 1.36 bits per heavy atom. The number of halogens is 2. The third-order valence-corrected chi connectivity index (χ3v) is 6.19. The topological polar surface area (TPSA) is 44.1 Å². The molecule has 0 spiro atoms. The van der Waals surface area contributed by atoms with E-state index < -0.39 is 0 Å². The van der Waals surface area contributed by atoms with E-state index in [2.05, 4.69) is 44.5 Å². The number of carbonyl (C=O) groups is 1. The number of benzene rings is 1. The normalized spacial score (nSPS) is 10.0. The Kier molecular flexibility index (Phi) is 5.95. The number of carbonyl (C=O) groups excluding carboxylic acids is 1. The zero-order chi connectivity index (χ0) is 16.1. The van der Waals surface area contributed by atoms with E-state index in [1.54, 1.807) is 23.1 Å². The minimum Gasteiger partial charge on any atom is -0.330 e. The number of nitriles is 1. The number of amides is 1. The smallest absolute Gasteiger partial charge is 0.264 e. The molecule has 0 atom stereocenters. The van der Waals surface area contributed by atoms with Gasteiger partial charge in [-0.05, 0) is 55.6 Å². The SMILES string of the molecule is C=CCN(Cc1ccc(C#N)cc1)C(=O)c1cc(Br)c(Br)s1. The Morgan fingerprint density at radius 3 is 2.55 bits per heavy atom. The monoisotopic (exact) mass is 438 g/mol. The molecule has 0 N–H and O–H groups in total. The molecular formula is C16H12Br2N2OS. The van der Waals surface area contributed by atoms with Crippen LogP contribution >= 0.6 is 43.2 Å². The molecule has 112 valence electrons. The second kappa shape index (κ2) is 7.73. The Labute approximate surface area is 150 Å². The van der Waals surface area contributed by atoms with Crippen molar-refractivity contribution in [3.63, 3.8) is 0 Å². The first-order valence-electron chi connectivity index (χ1n) is 6.39. The maximum absolute atomic E-state index is 12.6. The zero-order valence-corrected chi connectivity index (χ0v) is 15.5. The van der Waals surface area contributed by atoms with Crippen molar-refractivity contribution in [2.75, 3.05) is 6.54 Å². The van der Waals surface area contributed by atoms with Gasteiger partial charge in [-0.15, -0.1) is 17.9 Å². The predicted octanol–water partition coefficient (Wildman–Crippen LogP) is 4.97. The summed E-state index contributed by atoms with van der Waals surface area (Å²) in [6, 6.07) is 11.1. The van der Waals surface area contributed by atoms with Gasteiger partial charge in [-0.1, -0.05) is 18.2 Å². The second-order valence-corrected chi connectivity index (χ2v) is 7.74. The molecule has 1 aromatic heterocycles. The maximum Gasteiger partial charge on any atom is 0.264 e. The molecule has 0 unspecified atom stereocenters. The van der Waals surface area contributed by atoms with E-state index in [1.807, 2.05) is 18.2 Å². The molecule has 3 nitrogen and oxygen atoms in total. The van der Waals surface area contributed by atoms with Crippen LogP contribution in [0.1, 0.15) is 20.8 Å². The minimum atomic E-state index is -0.0411. The first-order chi connectivity index (χ1) is 10.5. The highest BCUT2D eigenvalue weighted by Crippen LogP contribution is 2.33.